The van der Waals surface area contributed by atoms with Gasteiger partial charge < -0.3 is 9.73 Å². The molecular formula is C13H15N6O2+. The minimum atomic E-state index is -0.177. The first-order chi connectivity index (χ1) is 10.2. The SMILES string of the molecule is CCNC(=O)[NH2+]c1nc2ccc(-c3nnc(C)o3)cc2[nH]1. The maximum Gasteiger partial charge on any atom is 0.420 e. The molecule has 0 aliphatic heterocycles. The van der Waals surface area contributed by atoms with Gasteiger partial charge in [-0.15, -0.1) is 10.2 Å². The average Bonchev–Trinajstić information content (AvgIpc) is 3.03. The Morgan fingerprint density at radius 2 is 2.29 bits per heavy atom. The lowest BCUT2D eigenvalue weighted by molar-refractivity contribution is -0.472. The Morgan fingerprint density at radius 3 is 3.00 bits per heavy atom. The van der Waals surface area contributed by atoms with E-state index in [1.54, 1.807) is 6.92 Å². The van der Waals surface area contributed by atoms with E-state index in [-0.39, 0.29) is 6.03 Å². The number of urea groups is 1. The molecule has 0 atom stereocenters. The predicted molar refractivity (Wildman–Crippen MR) is 74.8 cm³/mol. The number of aryl methyl sites for hydroxylation is 1. The van der Waals surface area contributed by atoms with Crippen LogP contribution in [0.3, 0.4) is 0 Å². The number of nitrogens with two attached hydrogens (primary N) is 1. The normalized spacial score (nSPS) is 11.0. The number of benzene rings is 1. The van der Waals surface area contributed by atoms with Gasteiger partial charge in [-0.25, -0.2) is 4.79 Å². The van der Waals surface area contributed by atoms with E-state index in [0.29, 0.717) is 24.3 Å². The molecule has 0 spiro atoms. The zero-order valence-corrected chi connectivity index (χ0v) is 11.7. The molecule has 2 heterocycles. The predicted octanol–water partition coefficient (Wildman–Crippen LogP) is 0.846. The molecule has 0 fully saturated rings. The zero-order valence-electron chi connectivity index (χ0n) is 11.7. The monoisotopic (exact) mass is 287 g/mol. The van der Waals surface area contributed by atoms with Gasteiger partial charge in [-0.3, -0.25) is 4.98 Å². The lowest BCUT2D eigenvalue weighted by atomic mass is 10.2. The third-order valence-corrected chi connectivity index (χ3v) is 2.89. The fourth-order valence-electron chi connectivity index (χ4n) is 1.99. The lowest BCUT2D eigenvalue weighted by Gasteiger charge is -1.94. The van der Waals surface area contributed by atoms with Gasteiger partial charge in [0.2, 0.25) is 11.8 Å². The Morgan fingerprint density at radius 1 is 1.43 bits per heavy atom. The molecule has 2 aromatic heterocycles. The fourth-order valence-corrected chi connectivity index (χ4v) is 1.99. The Labute approximate surface area is 120 Å². The molecule has 0 bridgehead atoms. The highest BCUT2D eigenvalue weighted by molar-refractivity contribution is 5.81. The first kappa shape index (κ1) is 13.3. The van der Waals surface area contributed by atoms with E-state index in [4.69, 9.17) is 4.42 Å². The number of rotatable bonds is 3. The molecule has 21 heavy (non-hydrogen) atoms. The number of carbonyl (C=O) groups excluding carboxylic acids is 1. The summed E-state index contributed by atoms with van der Waals surface area (Å²) in [6.45, 7) is 4.18. The van der Waals surface area contributed by atoms with Gasteiger partial charge in [0.05, 0.1) is 11.0 Å². The van der Waals surface area contributed by atoms with Crippen molar-refractivity contribution in [2.24, 2.45) is 0 Å². The maximum absolute atomic E-state index is 11.5. The number of H-pyrrole nitrogens is 1. The van der Waals surface area contributed by atoms with E-state index in [0.717, 1.165) is 16.6 Å². The van der Waals surface area contributed by atoms with Crippen molar-refractivity contribution in [1.29, 1.82) is 0 Å². The summed E-state index contributed by atoms with van der Waals surface area (Å²) >= 11 is 0. The molecule has 0 unspecified atom stereocenters. The van der Waals surface area contributed by atoms with E-state index in [9.17, 15) is 4.79 Å². The molecule has 8 nitrogen and oxygen atoms in total. The number of nitrogens with one attached hydrogen (secondary N) is 2. The number of primary amides is 1. The van der Waals surface area contributed by atoms with Crippen molar-refractivity contribution in [3.05, 3.63) is 24.1 Å². The number of amides is 2. The van der Waals surface area contributed by atoms with Crippen LogP contribution in [0, 0.1) is 6.92 Å². The van der Waals surface area contributed by atoms with Crippen LogP contribution < -0.4 is 10.6 Å². The van der Waals surface area contributed by atoms with E-state index in [1.807, 2.05) is 25.1 Å². The van der Waals surface area contributed by atoms with Gasteiger partial charge in [-0.05, 0) is 25.1 Å². The molecule has 3 rings (SSSR count). The van der Waals surface area contributed by atoms with Gasteiger partial charge in [0.1, 0.15) is 0 Å². The molecule has 0 saturated heterocycles. The second-order valence-electron chi connectivity index (χ2n) is 4.52. The molecule has 8 heteroatoms. The van der Waals surface area contributed by atoms with Crippen molar-refractivity contribution < 1.29 is 14.5 Å². The van der Waals surface area contributed by atoms with Gasteiger partial charge >= 0.3 is 12.0 Å². The van der Waals surface area contributed by atoms with E-state index in [2.05, 4.69) is 25.5 Å². The minimum Gasteiger partial charge on any atom is -0.421 e. The van der Waals surface area contributed by atoms with E-state index in [1.165, 1.54) is 5.32 Å². The van der Waals surface area contributed by atoms with Gasteiger partial charge in [-0.1, -0.05) is 0 Å². The van der Waals surface area contributed by atoms with Crippen LogP contribution in [0.25, 0.3) is 22.5 Å². The topological polar surface area (TPSA) is 113 Å². The van der Waals surface area contributed by atoms with Crippen molar-refractivity contribution in [3.8, 4) is 11.5 Å². The number of aromatic amines is 1. The molecule has 3 aromatic rings. The van der Waals surface area contributed by atoms with Crippen LogP contribution in [-0.4, -0.2) is 32.7 Å². The summed E-state index contributed by atoms with van der Waals surface area (Å²) in [7, 11) is 0. The van der Waals surface area contributed by atoms with E-state index < -0.39 is 0 Å². The summed E-state index contributed by atoms with van der Waals surface area (Å²) in [5, 5.41) is 11.9. The van der Waals surface area contributed by atoms with E-state index >= 15 is 0 Å². The van der Waals surface area contributed by atoms with Gasteiger partial charge in [0.15, 0.2) is 0 Å². The van der Waals surface area contributed by atoms with Crippen LogP contribution in [0.4, 0.5) is 10.7 Å². The number of quaternary nitrogens is 1. The standard InChI is InChI=1S/C13H14N6O2/c1-3-14-13(20)17-12-15-9-5-4-8(6-10(9)16-12)11-19-18-7(2)21-11/h4-6H,3H2,1-2H3,(H3,14,15,16,17,20)/p+1. The number of hydrogen-bond acceptors (Lipinski definition) is 5. The van der Waals surface area contributed by atoms with Crippen molar-refractivity contribution in [2.75, 3.05) is 6.54 Å². The fraction of sp³-hybridized carbons (Fsp3) is 0.231. The molecule has 4 N–H and O–H groups in total. The highest BCUT2D eigenvalue weighted by Crippen LogP contribution is 2.22. The molecule has 108 valence electrons. The summed E-state index contributed by atoms with van der Waals surface area (Å²) in [4.78, 5) is 18.9. The van der Waals surface area contributed by atoms with Crippen molar-refractivity contribution in [1.82, 2.24) is 25.5 Å². The smallest absolute Gasteiger partial charge is 0.420 e. The van der Waals surface area contributed by atoms with Crippen LogP contribution in [0.15, 0.2) is 22.6 Å². The molecule has 0 radical (unpaired) electrons. The summed E-state index contributed by atoms with van der Waals surface area (Å²) in [5.41, 5.74) is 2.38. The maximum atomic E-state index is 11.5. The first-order valence-corrected chi connectivity index (χ1v) is 6.58. The summed E-state index contributed by atoms with van der Waals surface area (Å²) in [6, 6.07) is 5.39. The van der Waals surface area contributed by atoms with Crippen LogP contribution in [0.5, 0.6) is 0 Å². The number of aromatic nitrogens is 4. The molecule has 0 saturated carbocycles. The number of hydrogen-bond donors (Lipinski definition) is 3. The van der Waals surface area contributed by atoms with Crippen molar-refractivity contribution in [2.45, 2.75) is 13.8 Å². The molecule has 1 aromatic carbocycles. The second-order valence-corrected chi connectivity index (χ2v) is 4.52. The minimum absolute atomic E-state index is 0.177. The third kappa shape index (κ3) is 2.75. The van der Waals surface area contributed by atoms with Gasteiger partial charge in [0.25, 0.3) is 0 Å². The summed E-state index contributed by atoms with van der Waals surface area (Å²) in [5.74, 6) is 1.48. The molecule has 2 amide bonds. The van der Waals surface area contributed by atoms with Crippen LogP contribution in [0.2, 0.25) is 0 Å². The summed E-state index contributed by atoms with van der Waals surface area (Å²) in [6.07, 6.45) is 0. The Balaban J connectivity index is 1.90. The molecular weight excluding hydrogens is 272 g/mol. The molecule has 0 aliphatic carbocycles. The molecule has 0 aliphatic rings. The summed E-state index contributed by atoms with van der Waals surface area (Å²) < 4.78 is 5.39. The van der Waals surface area contributed by atoms with Crippen molar-refractivity contribution >= 4 is 23.0 Å². The third-order valence-electron chi connectivity index (χ3n) is 2.89. The highest BCUT2D eigenvalue weighted by Gasteiger charge is 2.13. The number of nitrogens with zero attached hydrogens (tertiary/aromatic N) is 3. The quantitative estimate of drug-likeness (QED) is 0.660. The average molecular weight is 287 g/mol. The first-order valence-electron chi connectivity index (χ1n) is 6.58. The van der Waals surface area contributed by atoms with Gasteiger partial charge in [0, 0.05) is 19.0 Å². The lowest BCUT2D eigenvalue weighted by Crippen LogP contribution is -2.85. The number of imidazole rings is 1. The Bertz CT molecular complexity index is 791. The highest BCUT2D eigenvalue weighted by atomic mass is 16.4. The van der Waals surface area contributed by atoms with Crippen LogP contribution in [-0.2, 0) is 0 Å². The van der Waals surface area contributed by atoms with Crippen molar-refractivity contribution in [3.63, 3.8) is 0 Å². The van der Waals surface area contributed by atoms with Gasteiger partial charge in [-0.2, -0.15) is 10.3 Å². The Kier molecular flexibility index (Phi) is 3.36. The Hall–Kier alpha value is -2.74. The van der Waals surface area contributed by atoms with Crippen LogP contribution >= 0.6 is 0 Å². The number of fused-ring (bicyclic) bond motifs is 1. The van der Waals surface area contributed by atoms with Crippen LogP contribution in [0.1, 0.15) is 12.8 Å². The number of carbonyl (C=O) groups is 1. The second kappa shape index (κ2) is 5.33. The largest absolute Gasteiger partial charge is 0.421 e. The zero-order chi connectivity index (χ0) is 14.8.